The van der Waals surface area contributed by atoms with Gasteiger partial charge in [-0.05, 0) is 36.8 Å². The summed E-state index contributed by atoms with van der Waals surface area (Å²) in [5.41, 5.74) is -2.86. The van der Waals surface area contributed by atoms with E-state index in [4.69, 9.17) is 4.74 Å². The van der Waals surface area contributed by atoms with Crippen molar-refractivity contribution in [3.63, 3.8) is 0 Å². The second-order valence-electron chi connectivity index (χ2n) is 6.20. The molecule has 9 heteroatoms. The lowest BCUT2D eigenvalue weighted by Gasteiger charge is -2.16. The van der Waals surface area contributed by atoms with Gasteiger partial charge >= 0.3 is 12.1 Å². The van der Waals surface area contributed by atoms with Gasteiger partial charge in [0.2, 0.25) is 5.43 Å². The molecule has 29 heavy (non-hydrogen) atoms. The first-order valence-corrected chi connectivity index (χ1v) is 8.47. The maximum absolute atomic E-state index is 14.1. The van der Waals surface area contributed by atoms with Gasteiger partial charge in [-0.25, -0.2) is 13.6 Å². The fraction of sp³-hybridized carbons (Fsp3) is 0.200. The Balaban J connectivity index is 2.31. The molecular formula is C20H14F5NO3. The predicted octanol–water partition coefficient (Wildman–Crippen LogP) is 4.52. The minimum Gasteiger partial charge on any atom is -0.462 e. The standard InChI is InChI=1S/C20H14F5NO3/c1-2-29-19(28)14-10-26(9-11-4-3-5-12(21)6-11)17-8-15(20(23,24)25)16(22)7-13(17)18(14)27/h3-8,10H,2,9H2,1H3. The Morgan fingerprint density at radius 2 is 1.86 bits per heavy atom. The van der Waals surface area contributed by atoms with Crippen molar-refractivity contribution in [2.75, 3.05) is 6.61 Å². The second kappa shape index (κ2) is 7.65. The largest absolute Gasteiger partial charge is 0.462 e. The number of nitrogens with zero attached hydrogens (tertiary/aromatic N) is 1. The van der Waals surface area contributed by atoms with Gasteiger partial charge in [-0.15, -0.1) is 0 Å². The van der Waals surface area contributed by atoms with E-state index in [1.54, 1.807) is 0 Å². The first-order valence-electron chi connectivity index (χ1n) is 8.47. The van der Waals surface area contributed by atoms with Gasteiger partial charge in [0.15, 0.2) is 0 Å². The molecule has 3 aromatic rings. The number of alkyl halides is 3. The van der Waals surface area contributed by atoms with E-state index >= 15 is 0 Å². The van der Waals surface area contributed by atoms with Gasteiger partial charge in [0.25, 0.3) is 0 Å². The van der Waals surface area contributed by atoms with Crippen molar-refractivity contribution in [1.82, 2.24) is 4.57 Å². The Hall–Kier alpha value is -3.23. The van der Waals surface area contributed by atoms with Crippen molar-refractivity contribution in [2.45, 2.75) is 19.6 Å². The van der Waals surface area contributed by atoms with Crippen LogP contribution in [0, 0.1) is 11.6 Å². The summed E-state index contributed by atoms with van der Waals surface area (Å²) >= 11 is 0. The molecule has 0 aliphatic carbocycles. The van der Waals surface area contributed by atoms with E-state index in [1.807, 2.05) is 0 Å². The molecule has 1 heterocycles. The maximum Gasteiger partial charge on any atom is 0.419 e. The van der Waals surface area contributed by atoms with E-state index in [9.17, 15) is 31.5 Å². The molecule has 4 nitrogen and oxygen atoms in total. The van der Waals surface area contributed by atoms with Gasteiger partial charge in [0.05, 0.1) is 17.7 Å². The number of pyridine rings is 1. The summed E-state index contributed by atoms with van der Waals surface area (Å²) in [4.78, 5) is 24.7. The summed E-state index contributed by atoms with van der Waals surface area (Å²) in [6.07, 6.45) is -3.95. The molecule has 0 saturated heterocycles. The van der Waals surface area contributed by atoms with Crippen LogP contribution in [0.3, 0.4) is 0 Å². The zero-order valence-electron chi connectivity index (χ0n) is 15.0. The number of ether oxygens (including phenoxy) is 1. The molecule has 2 aromatic carbocycles. The number of fused-ring (bicyclic) bond motifs is 1. The molecule has 0 bridgehead atoms. The number of hydrogen-bond donors (Lipinski definition) is 0. The van der Waals surface area contributed by atoms with Crippen LogP contribution in [0.4, 0.5) is 22.0 Å². The van der Waals surface area contributed by atoms with Crippen LogP contribution in [0.25, 0.3) is 10.9 Å². The highest BCUT2D eigenvalue weighted by molar-refractivity contribution is 5.94. The normalized spacial score (nSPS) is 11.7. The minimum atomic E-state index is -4.99. The quantitative estimate of drug-likeness (QED) is 0.469. The highest BCUT2D eigenvalue weighted by Gasteiger charge is 2.35. The fourth-order valence-corrected chi connectivity index (χ4v) is 2.94. The van der Waals surface area contributed by atoms with E-state index in [-0.39, 0.29) is 18.7 Å². The molecule has 3 rings (SSSR count). The van der Waals surface area contributed by atoms with Crippen LogP contribution >= 0.6 is 0 Å². The van der Waals surface area contributed by atoms with Crippen molar-refractivity contribution < 1.29 is 31.5 Å². The Bertz CT molecular complexity index is 1150. The lowest BCUT2D eigenvalue weighted by molar-refractivity contribution is -0.139. The summed E-state index contributed by atoms with van der Waals surface area (Å²) in [7, 11) is 0. The van der Waals surface area contributed by atoms with Crippen LogP contribution in [-0.2, 0) is 17.5 Å². The molecule has 0 fully saturated rings. The van der Waals surface area contributed by atoms with Crippen LogP contribution < -0.4 is 5.43 Å². The van der Waals surface area contributed by atoms with Crippen molar-refractivity contribution in [1.29, 1.82) is 0 Å². The molecule has 0 aliphatic rings. The van der Waals surface area contributed by atoms with Crippen LogP contribution in [0.5, 0.6) is 0 Å². The molecule has 0 amide bonds. The van der Waals surface area contributed by atoms with Crippen molar-refractivity contribution in [2.24, 2.45) is 0 Å². The molecular weight excluding hydrogens is 397 g/mol. The first-order chi connectivity index (χ1) is 13.6. The van der Waals surface area contributed by atoms with E-state index in [1.165, 1.54) is 25.1 Å². The Labute approximate surface area is 161 Å². The topological polar surface area (TPSA) is 48.3 Å². The monoisotopic (exact) mass is 411 g/mol. The van der Waals surface area contributed by atoms with Gasteiger partial charge in [-0.3, -0.25) is 4.79 Å². The fourth-order valence-electron chi connectivity index (χ4n) is 2.94. The number of carbonyl (C=O) groups is 1. The number of rotatable bonds is 4. The van der Waals surface area contributed by atoms with Crippen molar-refractivity contribution in [3.8, 4) is 0 Å². The Morgan fingerprint density at radius 3 is 2.48 bits per heavy atom. The van der Waals surface area contributed by atoms with E-state index in [0.717, 1.165) is 16.8 Å². The number of hydrogen-bond acceptors (Lipinski definition) is 3. The highest BCUT2D eigenvalue weighted by atomic mass is 19.4. The van der Waals surface area contributed by atoms with Gasteiger partial charge < -0.3 is 9.30 Å². The lowest BCUT2D eigenvalue weighted by Crippen LogP contribution is -2.22. The summed E-state index contributed by atoms with van der Waals surface area (Å²) < 4.78 is 73.0. The summed E-state index contributed by atoms with van der Waals surface area (Å²) in [6, 6.07) is 6.22. The summed E-state index contributed by atoms with van der Waals surface area (Å²) in [5, 5.41) is -0.419. The van der Waals surface area contributed by atoms with Gasteiger partial charge in [-0.1, -0.05) is 12.1 Å². The van der Waals surface area contributed by atoms with Gasteiger partial charge in [-0.2, -0.15) is 13.2 Å². The van der Waals surface area contributed by atoms with E-state index < -0.39 is 45.7 Å². The average Bonchev–Trinajstić information content (AvgIpc) is 2.63. The Morgan fingerprint density at radius 1 is 1.14 bits per heavy atom. The number of carbonyl (C=O) groups excluding carboxylic acids is 1. The SMILES string of the molecule is CCOC(=O)c1cn(Cc2cccc(F)c2)c2cc(C(F)(F)F)c(F)cc2c1=O. The summed E-state index contributed by atoms with van der Waals surface area (Å²) in [6.45, 7) is 1.31. The Kier molecular flexibility index (Phi) is 5.41. The van der Waals surface area contributed by atoms with Crippen molar-refractivity contribution in [3.05, 3.63) is 81.1 Å². The molecule has 0 aliphatic heterocycles. The lowest BCUT2D eigenvalue weighted by atomic mass is 10.1. The molecule has 0 spiro atoms. The number of benzene rings is 2. The second-order valence-corrected chi connectivity index (χ2v) is 6.20. The highest BCUT2D eigenvalue weighted by Crippen LogP contribution is 2.33. The minimum absolute atomic E-state index is 0.0401. The average molecular weight is 411 g/mol. The molecule has 0 unspecified atom stereocenters. The molecule has 0 saturated carbocycles. The maximum atomic E-state index is 14.1. The number of halogens is 5. The third-order valence-electron chi connectivity index (χ3n) is 4.21. The smallest absolute Gasteiger partial charge is 0.419 e. The van der Waals surface area contributed by atoms with Gasteiger partial charge in [0, 0.05) is 18.1 Å². The molecule has 1 aromatic heterocycles. The zero-order chi connectivity index (χ0) is 21.3. The molecule has 152 valence electrons. The molecule has 0 atom stereocenters. The van der Waals surface area contributed by atoms with Crippen LogP contribution in [0.1, 0.15) is 28.4 Å². The van der Waals surface area contributed by atoms with Crippen LogP contribution in [-0.4, -0.2) is 17.1 Å². The zero-order valence-corrected chi connectivity index (χ0v) is 15.0. The molecule has 0 radical (unpaired) electrons. The van der Waals surface area contributed by atoms with Crippen LogP contribution in [0.2, 0.25) is 0 Å². The number of esters is 1. The number of aromatic nitrogens is 1. The van der Waals surface area contributed by atoms with Crippen LogP contribution in [0.15, 0.2) is 47.4 Å². The summed E-state index contributed by atoms with van der Waals surface area (Å²) in [5.74, 6) is -3.20. The van der Waals surface area contributed by atoms with E-state index in [0.29, 0.717) is 17.7 Å². The third kappa shape index (κ3) is 4.13. The predicted molar refractivity (Wildman–Crippen MR) is 94.6 cm³/mol. The van der Waals surface area contributed by atoms with E-state index in [2.05, 4.69) is 0 Å². The third-order valence-corrected chi connectivity index (χ3v) is 4.21. The molecule has 0 N–H and O–H groups in total. The van der Waals surface area contributed by atoms with Crippen molar-refractivity contribution >= 4 is 16.9 Å². The first kappa shape index (κ1) is 20.5. The van der Waals surface area contributed by atoms with Gasteiger partial charge in [0.1, 0.15) is 17.2 Å².